The van der Waals surface area contributed by atoms with E-state index in [1.54, 1.807) is 17.3 Å². The Balaban J connectivity index is 1.71. The molecule has 2 heterocycles. The van der Waals surface area contributed by atoms with Gasteiger partial charge in [-0.25, -0.2) is 0 Å². The van der Waals surface area contributed by atoms with E-state index in [1.165, 1.54) is 0 Å². The standard InChI is InChI=1S/C23H31N5O3/c1-14(2)20(24)23(31)28-12-4-5-19(28)22(30)27-18(13-29)16-6-8-17(9-7-16)21-15(3)25-10-11-26-21/h6-11,14,18-20,29H,4-5,12-13,24H2,1-3H3,(H,27,30). The average Bonchev–Trinajstić information content (AvgIpc) is 3.27. The van der Waals surface area contributed by atoms with Crippen LogP contribution in [0.1, 0.15) is 44.0 Å². The van der Waals surface area contributed by atoms with Crippen LogP contribution in [0.25, 0.3) is 11.3 Å². The maximum absolute atomic E-state index is 13.0. The molecular formula is C23H31N5O3. The maximum atomic E-state index is 13.0. The molecule has 8 nitrogen and oxygen atoms in total. The Hall–Kier alpha value is -2.84. The van der Waals surface area contributed by atoms with E-state index in [0.717, 1.165) is 28.9 Å². The second-order valence-corrected chi connectivity index (χ2v) is 8.32. The van der Waals surface area contributed by atoms with Crippen molar-refractivity contribution < 1.29 is 14.7 Å². The van der Waals surface area contributed by atoms with E-state index in [9.17, 15) is 14.7 Å². The lowest BCUT2D eigenvalue weighted by atomic mass is 10.0. The Bertz CT molecular complexity index is 916. The first-order valence-corrected chi connectivity index (χ1v) is 10.7. The van der Waals surface area contributed by atoms with Crippen molar-refractivity contribution >= 4 is 11.8 Å². The Kier molecular flexibility index (Phi) is 7.35. The zero-order chi connectivity index (χ0) is 22.5. The first-order chi connectivity index (χ1) is 14.8. The summed E-state index contributed by atoms with van der Waals surface area (Å²) < 4.78 is 0. The molecule has 1 aromatic heterocycles. The van der Waals surface area contributed by atoms with E-state index in [-0.39, 0.29) is 24.3 Å². The molecule has 0 saturated carbocycles. The Morgan fingerprint density at radius 3 is 2.52 bits per heavy atom. The third-order valence-electron chi connectivity index (χ3n) is 5.81. The van der Waals surface area contributed by atoms with Gasteiger partial charge in [-0.05, 0) is 31.2 Å². The van der Waals surface area contributed by atoms with Crippen LogP contribution in [-0.4, -0.2) is 57.0 Å². The van der Waals surface area contributed by atoms with E-state index in [2.05, 4.69) is 15.3 Å². The van der Waals surface area contributed by atoms with Crippen LogP contribution in [0.5, 0.6) is 0 Å². The molecule has 0 bridgehead atoms. The molecule has 1 aromatic carbocycles. The molecule has 3 atom stereocenters. The van der Waals surface area contributed by atoms with E-state index in [1.807, 2.05) is 45.0 Å². The van der Waals surface area contributed by atoms with Gasteiger partial charge in [-0.1, -0.05) is 38.1 Å². The number of benzene rings is 1. The van der Waals surface area contributed by atoms with Gasteiger partial charge in [0.2, 0.25) is 11.8 Å². The fraction of sp³-hybridized carbons (Fsp3) is 0.478. The van der Waals surface area contributed by atoms with E-state index in [4.69, 9.17) is 5.73 Å². The lowest BCUT2D eigenvalue weighted by Gasteiger charge is -2.29. The highest BCUT2D eigenvalue weighted by molar-refractivity contribution is 5.90. The van der Waals surface area contributed by atoms with Gasteiger partial charge in [0.1, 0.15) is 6.04 Å². The first-order valence-electron chi connectivity index (χ1n) is 10.7. The van der Waals surface area contributed by atoms with Crippen LogP contribution in [0.3, 0.4) is 0 Å². The van der Waals surface area contributed by atoms with Crippen molar-refractivity contribution in [3.63, 3.8) is 0 Å². The fourth-order valence-electron chi connectivity index (χ4n) is 3.85. The third-order valence-corrected chi connectivity index (χ3v) is 5.81. The summed E-state index contributed by atoms with van der Waals surface area (Å²) in [6, 6.07) is 5.75. The molecule has 2 amide bonds. The molecule has 3 rings (SSSR count). The normalized spacial score (nSPS) is 18.1. The number of rotatable bonds is 7. The summed E-state index contributed by atoms with van der Waals surface area (Å²) in [6.07, 6.45) is 4.64. The van der Waals surface area contributed by atoms with Crippen LogP contribution in [0, 0.1) is 12.8 Å². The molecule has 2 aromatic rings. The molecular weight excluding hydrogens is 394 g/mol. The number of aliphatic hydroxyl groups excluding tert-OH is 1. The van der Waals surface area contributed by atoms with Crippen LogP contribution in [0.15, 0.2) is 36.7 Å². The molecule has 0 aliphatic carbocycles. The number of hydrogen-bond acceptors (Lipinski definition) is 6. The molecule has 31 heavy (non-hydrogen) atoms. The minimum Gasteiger partial charge on any atom is -0.394 e. The Morgan fingerprint density at radius 1 is 1.23 bits per heavy atom. The molecule has 4 N–H and O–H groups in total. The average molecular weight is 426 g/mol. The molecule has 166 valence electrons. The van der Waals surface area contributed by atoms with Gasteiger partial charge in [-0.3, -0.25) is 19.6 Å². The zero-order valence-corrected chi connectivity index (χ0v) is 18.3. The number of carbonyl (C=O) groups excluding carboxylic acids is 2. The Labute approximate surface area is 182 Å². The number of nitrogens with one attached hydrogen (secondary N) is 1. The van der Waals surface area contributed by atoms with E-state index < -0.39 is 18.1 Å². The highest BCUT2D eigenvalue weighted by Crippen LogP contribution is 2.24. The summed E-state index contributed by atoms with van der Waals surface area (Å²) in [5.74, 6) is -0.468. The monoisotopic (exact) mass is 425 g/mol. The van der Waals surface area contributed by atoms with Crippen molar-refractivity contribution in [2.24, 2.45) is 11.7 Å². The van der Waals surface area contributed by atoms with Crippen molar-refractivity contribution in [3.8, 4) is 11.3 Å². The van der Waals surface area contributed by atoms with E-state index >= 15 is 0 Å². The number of nitrogens with zero attached hydrogens (tertiary/aromatic N) is 3. The van der Waals surface area contributed by atoms with Gasteiger partial charge in [-0.2, -0.15) is 0 Å². The quantitative estimate of drug-likeness (QED) is 0.619. The lowest BCUT2D eigenvalue weighted by molar-refractivity contribution is -0.140. The number of amides is 2. The first kappa shape index (κ1) is 22.8. The molecule has 0 spiro atoms. The van der Waals surface area contributed by atoms with Gasteiger partial charge in [0.05, 0.1) is 30.1 Å². The predicted molar refractivity (Wildman–Crippen MR) is 118 cm³/mol. The van der Waals surface area contributed by atoms with Gasteiger partial charge < -0.3 is 21.1 Å². The zero-order valence-electron chi connectivity index (χ0n) is 18.3. The molecule has 1 fully saturated rings. The second-order valence-electron chi connectivity index (χ2n) is 8.32. The summed E-state index contributed by atoms with van der Waals surface area (Å²) in [7, 11) is 0. The molecule has 1 aliphatic rings. The SMILES string of the molecule is Cc1nccnc1-c1ccc(C(CO)NC(=O)C2CCCN2C(=O)C(N)C(C)C)cc1. The molecule has 8 heteroatoms. The van der Waals surface area contributed by atoms with Gasteiger partial charge in [0.15, 0.2) is 0 Å². The molecule has 1 aliphatic heterocycles. The van der Waals surface area contributed by atoms with Gasteiger partial charge in [-0.15, -0.1) is 0 Å². The lowest BCUT2D eigenvalue weighted by Crippen LogP contribution is -2.53. The number of aliphatic hydroxyl groups is 1. The highest BCUT2D eigenvalue weighted by atomic mass is 16.3. The van der Waals surface area contributed by atoms with Gasteiger partial charge in [0.25, 0.3) is 0 Å². The molecule has 1 saturated heterocycles. The van der Waals surface area contributed by atoms with Crippen molar-refractivity contribution in [1.82, 2.24) is 20.2 Å². The summed E-state index contributed by atoms with van der Waals surface area (Å²) in [6.45, 7) is 5.95. The summed E-state index contributed by atoms with van der Waals surface area (Å²) >= 11 is 0. The smallest absolute Gasteiger partial charge is 0.243 e. The third kappa shape index (κ3) is 5.08. The number of hydrogen-bond donors (Lipinski definition) is 3. The Morgan fingerprint density at radius 2 is 1.90 bits per heavy atom. The number of carbonyl (C=O) groups is 2. The summed E-state index contributed by atoms with van der Waals surface area (Å²) in [5.41, 5.74) is 9.32. The predicted octanol–water partition coefficient (Wildman–Crippen LogP) is 1.58. The maximum Gasteiger partial charge on any atom is 0.243 e. The van der Waals surface area contributed by atoms with Gasteiger partial charge >= 0.3 is 0 Å². The largest absolute Gasteiger partial charge is 0.394 e. The minimum atomic E-state index is -0.626. The number of aromatic nitrogens is 2. The van der Waals surface area contributed by atoms with Crippen LogP contribution in [0.4, 0.5) is 0 Å². The highest BCUT2D eigenvalue weighted by Gasteiger charge is 2.37. The van der Waals surface area contributed by atoms with Gasteiger partial charge in [0, 0.05) is 24.5 Å². The number of nitrogens with two attached hydrogens (primary N) is 1. The van der Waals surface area contributed by atoms with Crippen LogP contribution >= 0.6 is 0 Å². The van der Waals surface area contributed by atoms with Crippen LogP contribution in [0.2, 0.25) is 0 Å². The van der Waals surface area contributed by atoms with E-state index in [0.29, 0.717) is 13.0 Å². The van der Waals surface area contributed by atoms with Crippen molar-refractivity contribution in [2.75, 3.05) is 13.2 Å². The van der Waals surface area contributed by atoms with Crippen LogP contribution in [-0.2, 0) is 9.59 Å². The fourth-order valence-corrected chi connectivity index (χ4v) is 3.85. The number of likely N-dealkylation sites (tertiary alicyclic amines) is 1. The van der Waals surface area contributed by atoms with Crippen molar-refractivity contribution in [1.29, 1.82) is 0 Å². The molecule has 0 radical (unpaired) electrons. The number of aryl methyl sites for hydroxylation is 1. The minimum absolute atomic E-state index is 0.00143. The summed E-state index contributed by atoms with van der Waals surface area (Å²) in [4.78, 5) is 35.8. The van der Waals surface area contributed by atoms with Crippen molar-refractivity contribution in [2.45, 2.75) is 51.7 Å². The van der Waals surface area contributed by atoms with Crippen molar-refractivity contribution in [3.05, 3.63) is 47.9 Å². The topological polar surface area (TPSA) is 121 Å². The second kappa shape index (κ2) is 9.98. The summed E-state index contributed by atoms with van der Waals surface area (Å²) in [5, 5.41) is 12.8. The van der Waals surface area contributed by atoms with Crippen LogP contribution < -0.4 is 11.1 Å². The molecule has 3 unspecified atom stereocenters.